The van der Waals surface area contributed by atoms with Crippen molar-refractivity contribution in [2.45, 2.75) is 25.3 Å². The van der Waals surface area contributed by atoms with Gasteiger partial charge in [0.2, 0.25) is 0 Å². The lowest BCUT2D eigenvalue weighted by Crippen LogP contribution is -2.38. The number of benzene rings is 2. The summed E-state index contributed by atoms with van der Waals surface area (Å²) in [6, 6.07) is 16.6. The minimum Gasteiger partial charge on any atom is -0.494 e. The summed E-state index contributed by atoms with van der Waals surface area (Å²) in [4.78, 5) is 2.49. The van der Waals surface area contributed by atoms with Crippen LogP contribution in [0.4, 0.5) is 4.39 Å². The maximum atomic E-state index is 13.0. The van der Waals surface area contributed by atoms with E-state index in [0.29, 0.717) is 5.92 Å². The molecular weight excluding hydrogens is 402 g/mol. The van der Waals surface area contributed by atoms with Gasteiger partial charge in [-0.05, 0) is 68.1 Å². The topological polar surface area (TPSA) is 70.0 Å². The normalized spacial score (nSPS) is 15.5. The predicted molar refractivity (Wildman–Crippen MR) is 117 cm³/mol. The molecule has 3 rings (SSSR count). The highest BCUT2D eigenvalue weighted by atomic mass is 35.5. The lowest BCUT2D eigenvalue weighted by Gasteiger charge is -2.35. The molecule has 2 aromatic rings. The number of ether oxygens (including phenoxy) is 1. The van der Waals surface area contributed by atoms with Crippen molar-refractivity contribution in [3.8, 4) is 5.75 Å². The van der Waals surface area contributed by atoms with Crippen molar-refractivity contribution < 1.29 is 14.6 Å². The standard InChI is InChI=1S/C21H27FN2O.2ClH.H2O/c22-19-9-7-17(8-10-19)21(23)18-11-14-24(15-12-18)13-4-16-25-20-5-2-1-3-6-20;;;/h1-3,5-10,18,21H,4,11-16,23H2;2*1H;1H2. The summed E-state index contributed by atoms with van der Waals surface area (Å²) < 4.78 is 18.8. The van der Waals surface area contributed by atoms with E-state index in [9.17, 15) is 4.39 Å². The first kappa shape index (κ1) is 26.6. The fourth-order valence-electron chi connectivity index (χ4n) is 3.49. The Morgan fingerprint density at radius 1 is 1.00 bits per heavy atom. The number of hydrogen-bond acceptors (Lipinski definition) is 3. The Hall–Kier alpha value is -1.37. The fraction of sp³-hybridized carbons (Fsp3) is 0.429. The third-order valence-electron chi connectivity index (χ3n) is 5.03. The molecule has 0 aromatic heterocycles. The minimum absolute atomic E-state index is 0. The van der Waals surface area contributed by atoms with E-state index in [-0.39, 0.29) is 42.1 Å². The van der Waals surface area contributed by atoms with Crippen LogP contribution in [0.15, 0.2) is 54.6 Å². The van der Waals surface area contributed by atoms with Crippen LogP contribution in [0, 0.1) is 11.7 Å². The first-order chi connectivity index (χ1) is 12.2. The zero-order valence-corrected chi connectivity index (χ0v) is 17.6. The second-order valence-electron chi connectivity index (χ2n) is 6.77. The predicted octanol–water partition coefficient (Wildman–Crippen LogP) is 4.03. The molecule has 158 valence electrons. The van der Waals surface area contributed by atoms with Gasteiger partial charge in [-0.15, -0.1) is 24.8 Å². The molecule has 28 heavy (non-hydrogen) atoms. The molecular formula is C21H31Cl2FN2O2. The number of halogens is 3. The Kier molecular flexibility index (Phi) is 13.1. The van der Waals surface area contributed by atoms with Crippen LogP contribution in [0.25, 0.3) is 0 Å². The number of likely N-dealkylation sites (tertiary alicyclic amines) is 1. The van der Waals surface area contributed by atoms with E-state index in [2.05, 4.69) is 4.90 Å². The summed E-state index contributed by atoms with van der Waals surface area (Å²) >= 11 is 0. The third-order valence-corrected chi connectivity index (χ3v) is 5.03. The van der Waals surface area contributed by atoms with Crippen LogP contribution in [0.5, 0.6) is 5.75 Å². The lowest BCUT2D eigenvalue weighted by atomic mass is 9.86. The first-order valence-electron chi connectivity index (χ1n) is 9.13. The molecule has 1 atom stereocenters. The average molecular weight is 433 g/mol. The van der Waals surface area contributed by atoms with Gasteiger partial charge in [0.05, 0.1) is 6.61 Å². The van der Waals surface area contributed by atoms with Gasteiger partial charge < -0.3 is 20.8 Å². The van der Waals surface area contributed by atoms with Crippen LogP contribution in [-0.4, -0.2) is 36.6 Å². The number of piperidine rings is 1. The van der Waals surface area contributed by atoms with E-state index in [1.165, 1.54) is 12.1 Å². The van der Waals surface area contributed by atoms with Crippen LogP contribution in [-0.2, 0) is 0 Å². The van der Waals surface area contributed by atoms with Crippen molar-refractivity contribution in [3.63, 3.8) is 0 Å². The van der Waals surface area contributed by atoms with Crippen LogP contribution in [0.2, 0.25) is 0 Å². The molecule has 1 aliphatic heterocycles. The number of nitrogens with zero attached hydrogens (tertiary/aromatic N) is 1. The van der Waals surface area contributed by atoms with Gasteiger partial charge in [-0.3, -0.25) is 0 Å². The molecule has 0 bridgehead atoms. The molecule has 1 unspecified atom stereocenters. The molecule has 4 N–H and O–H groups in total. The molecule has 1 heterocycles. The van der Waals surface area contributed by atoms with Gasteiger partial charge in [0.1, 0.15) is 11.6 Å². The molecule has 4 nitrogen and oxygen atoms in total. The van der Waals surface area contributed by atoms with E-state index in [4.69, 9.17) is 10.5 Å². The van der Waals surface area contributed by atoms with E-state index in [1.54, 1.807) is 0 Å². The molecule has 0 amide bonds. The van der Waals surface area contributed by atoms with Crippen LogP contribution >= 0.6 is 24.8 Å². The summed E-state index contributed by atoms with van der Waals surface area (Å²) in [5.74, 6) is 1.21. The van der Waals surface area contributed by atoms with E-state index >= 15 is 0 Å². The van der Waals surface area contributed by atoms with Gasteiger partial charge in [-0.25, -0.2) is 4.39 Å². The monoisotopic (exact) mass is 432 g/mol. The van der Waals surface area contributed by atoms with Gasteiger partial charge in [0, 0.05) is 12.6 Å². The fourth-order valence-corrected chi connectivity index (χ4v) is 3.49. The average Bonchev–Trinajstić information content (AvgIpc) is 2.67. The molecule has 7 heteroatoms. The second kappa shape index (κ2) is 13.7. The molecule has 1 aliphatic rings. The zero-order chi connectivity index (χ0) is 17.5. The smallest absolute Gasteiger partial charge is 0.123 e. The molecule has 1 saturated heterocycles. The summed E-state index contributed by atoms with van der Waals surface area (Å²) in [6.45, 7) is 3.96. The number of para-hydroxylation sites is 1. The minimum atomic E-state index is -0.205. The largest absolute Gasteiger partial charge is 0.494 e. The number of hydrogen-bond donors (Lipinski definition) is 1. The van der Waals surface area contributed by atoms with Gasteiger partial charge >= 0.3 is 0 Å². The van der Waals surface area contributed by atoms with Crippen LogP contribution in [0.3, 0.4) is 0 Å². The summed E-state index contributed by atoms with van der Waals surface area (Å²) in [5, 5.41) is 0. The van der Waals surface area contributed by atoms with Gasteiger partial charge in [-0.2, -0.15) is 0 Å². The molecule has 1 fully saturated rings. The van der Waals surface area contributed by atoms with Gasteiger partial charge in [0.15, 0.2) is 0 Å². The Balaban J connectivity index is 0.00000243. The van der Waals surface area contributed by atoms with E-state index in [1.807, 2.05) is 42.5 Å². The molecule has 0 radical (unpaired) electrons. The van der Waals surface area contributed by atoms with Crippen LogP contribution < -0.4 is 10.5 Å². The van der Waals surface area contributed by atoms with Crippen molar-refractivity contribution in [2.24, 2.45) is 11.7 Å². The summed E-state index contributed by atoms with van der Waals surface area (Å²) in [7, 11) is 0. The highest BCUT2D eigenvalue weighted by Gasteiger charge is 2.25. The quantitative estimate of drug-likeness (QED) is 0.671. The first-order valence-corrected chi connectivity index (χ1v) is 9.13. The summed E-state index contributed by atoms with van der Waals surface area (Å²) in [6.07, 6.45) is 3.22. The third kappa shape index (κ3) is 7.94. The van der Waals surface area contributed by atoms with Gasteiger partial charge in [-0.1, -0.05) is 30.3 Å². The van der Waals surface area contributed by atoms with Crippen LogP contribution in [0.1, 0.15) is 30.9 Å². The molecule has 0 spiro atoms. The highest BCUT2D eigenvalue weighted by molar-refractivity contribution is 5.85. The molecule has 2 aromatic carbocycles. The van der Waals surface area contributed by atoms with Crippen molar-refractivity contribution in [1.29, 1.82) is 0 Å². The second-order valence-corrected chi connectivity index (χ2v) is 6.77. The van der Waals surface area contributed by atoms with Crippen molar-refractivity contribution in [3.05, 3.63) is 66.0 Å². The van der Waals surface area contributed by atoms with E-state index in [0.717, 1.165) is 56.8 Å². The Morgan fingerprint density at radius 2 is 1.61 bits per heavy atom. The van der Waals surface area contributed by atoms with Crippen molar-refractivity contribution in [2.75, 3.05) is 26.2 Å². The maximum absolute atomic E-state index is 13.0. The van der Waals surface area contributed by atoms with Crippen molar-refractivity contribution in [1.82, 2.24) is 4.90 Å². The Bertz CT molecular complexity index is 639. The maximum Gasteiger partial charge on any atom is 0.123 e. The lowest BCUT2D eigenvalue weighted by molar-refractivity contribution is 0.158. The Labute approximate surface area is 179 Å². The highest BCUT2D eigenvalue weighted by Crippen LogP contribution is 2.29. The number of nitrogens with two attached hydrogens (primary N) is 1. The molecule has 0 aliphatic carbocycles. The van der Waals surface area contributed by atoms with Gasteiger partial charge in [0.25, 0.3) is 0 Å². The van der Waals surface area contributed by atoms with Crippen molar-refractivity contribution >= 4 is 24.8 Å². The molecule has 0 saturated carbocycles. The summed E-state index contributed by atoms with van der Waals surface area (Å²) in [5.41, 5.74) is 7.43. The SMILES string of the molecule is Cl.Cl.NC(c1ccc(F)cc1)C1CCN(CCCOc2ccccc2)CC1.O. The zero-order valence-electron chi connectivity index (χ0n) is 15.9. The Morgan fingerprint density at radius 3 is 2.21 bits per heavy atom. The van der Waals surface area contributed by atoms with E-state index < -0.39 is 0 Å². The number of rotatable bonds is 7.